The van der Waals surface area contributed by atoms with Gasteiger partial charge in [-0.05, 0) is 43.7 Å². The summed E-state index contributed by atoms with van der Waals surface area (Å²) in [5.74, 6) is 1.41. The number of nitrogens with one attached hydrogen (secondary N) is 1. The van der Waals surface area contributed by atoms with E-state index in [4.69, 9.17) is 14.1 Å². The van der Waals surface area contributed by atoms with Crippen molar-refractivity contribution in [1.82, 2.24) is 5.16 Å². The second-order valence-corrected chi connectivity index (χ2v) is 5.54. The molecular formula is C16H17N3O4. The highest BCUT2D eigenvalue weighted by Crippen LogP contribution is 2.28. The highest BCUT2D eigenvalue weighted by molar-refractivity contribution is 6.07. The monoisotopic (exact) mass is 315 g/mol. The third-order valence-electron chi connectivity index (χ3n) is 3.64. The highest BCUT2D eigenvalue weighted by atomic mass is 16.7. The molecule has 1 aliphatic rings. The summed E-state index contributed by atoms with van der Waals surface area (Å²) in [6.45, 7) is 3.44. The third kappa shape index (κ3) is 3.03. The van der Waals surface area contributed by atoms with E-state index in [1.165, 1.54) is 0 Å². The van der Waals surface area contributed by atoms with Crippen LogP contribution in [0.4, 0.5) is 5.82 Å². The Morgan fingerprint density at radius 3 is 2.70 bits per heavy atom. The maximum Gasteiger partial charge on any atom is 0.272 e. The van der Waals surface area contributed by atoms with E-state index in [1.807, 2.05) is 24.3 Å². The molecule has 1 atom stereocenters. The second-order valence-electron chi connectivity index (χ2n) is 5.54. The number of carbonyl (C=O) groups is 1. The van der Waals surface area contributed by atoms with Crippen molar-refractivity contribution in [2.24, 2.45) is 5.16 Å². The molecule has 0 saturated heterocycles. The number of rotatable bonds is 4. The van der Waals surface area contributed by atoms with Gasteiger partial charge in [0.15, 0.2) is 5.82 Å². The summed E-state index contributed by atoms with van der Waals surface area (Å²) in [6.07, 6.45) is 0.363. The van der Waals surface area contributed by atoms with Crippen molar-refractivity contribution in [2.75, 3.05) is 12.4 Å². The summed E-state index contributed by atoms with van der Waals surface area (Å²) in [6, 6.07) is 9.08. The molecule has 0 aliphatic carbocycles. The van der Waals surface area contributed by atoms with E-state index in [1.54, 1.807) is 27.0 Å². The number of aryl methyl sites for hydroxylation is 1. The molecule has 1 amide bonds. The van der Waals surface area contributed by atoms with Gasteiger partial charge in [-0.1, -0.05) is 10.3 Å². The van der Waals surface area contributed by atoms with Crippen LogP contribution < -0.4 is 10.1 Å². The van der Waals surface area contributed by atoms with Gasteiger partial charge in [-0.15, -0.1) is 0 Å². The molecule has 2 aromatic rings. The maximum absolute atomic E-state index is 12.4. The normalized spacial score (nSPS) is 19.9. The number of anilines is 1. The fourth-order valence-electron chi connectivity index (χ4n) is 2.27. The van der Waals surface area contributed by atoms with Crippen LogP contribution in [0.1, 0.15) is 24.7 Å². The number of nitrogens with zero attached hydrogens (tertiary/aromatic N) is 2. The first-order valence-corrected chi connectivity index (χ1v) is 7.14. The van der Waals surface area contributed by atoms with Gasteiger partial charge in [0, 0.05) is 12.5 Å². The minimum Gasteiger partial charge on any atom is -0.497 e. The third-order valence-corrected chi connectivity index (χ3v) is 3.64. The van der Waals surface area contributed by atoms with Crippen molar-refractivity contribution in [1.29, 1.82) is 0 Å². The molecule has 0 radical (unpaired) electrons. The Kier molecular flexibility index (Phi) is 3.77. The van der Waals surface area contributed by atoms with Gasteiger partial charge in [-0.3, -0.25) is 4.79 Å². The molecule has 23 heavy (non-hydrogen) atoms. The molecule has 0 unspecified atom stereocenters. The number of hydrogen-bond acceptors (Lipinski definition) is 6. The lowest BCUT2D eigenvalue weighted by atomic mass is 9.95. The average Bonchev–Trinajstić information content (AvgIpc) is 3.14. The van der Waals surface area contributed by atoms with Gasteiger partial charge < -0.3 is 19.4 Å². The first-order valence-electron chi connectivity index (χ1n) is 7.14. The quantitative estimate of drug-likeness (QED) is 0.937. The maximum atomic E-state index is 12.4. The SMILES string of the molecule is COc1ccc(C2=NO[C@@](C)(C(=O)Nc3cc(C)on3)C2)cc1. The summed E-state index contributed by atoms with van der Waals surface area (Å²) >= 11 is 0. The van der Waals surface area contributed by atoms with Crippen LogP contribution in [0.25, 0.3) is 0 Å². The fraction of sp³-hybridized carbons (Fsp3) is 0.312. The van der Waals surface area contributed by atoms with Crippen molar-refractivity contribution in [2.45, 2.75) is 25.9 Å². The first kappa shape index (κ1) is 15.1. The molecule has 120 valence electrons. The molecule has 0 bridgehead atoms. The molecule has 7 nitrogen and oxygen atoms in total. The minimum atomic E-state index is -1.08. The van der Waals surface area contributed by atoms with Crippen LogP contribution in [0.3, 0.4) is 0 Å². The van der Waals surface area contributed by atoms with Crippen LogP contribution in [0.15, 0.2) is 40.0 Å². The van der Waals surface area contributed by atoms with Crippen molar-refractivity contribution < 1.29 is 18.9 Å². The molecular weight excluding hydrogens is 298 g/mol. The van der Waals surface area contributed by atoms with Gasteiger partial charge in [-0.25, -0.2) is 0 Å². The lowest BCUT2D eigenvalue weighted by molar-refractivity contribution is -0.136. The largest absolute Gasteiger partial charge is 0.497 e. The Morgan fingerprint density at radius 2 is 2.09 bits per heavy atom. The Bertz CT molecular complexity index is 751. The number of oxime groups is 1. The van der Waals surface area contributed by atoms with E-state index >= 15 is 0 Å². The van der Waals surface area contributed by atoms with Crippen LogP contribution in [0.2, 0.25) is 0 Å². The molecule has 7 heteroatoms. The van der Waals surface area contributed by atoms with Crippen molar-refractivity contribution in [3.8, 4) is 5.75 Å². The van der Waals surface area contributed by atoms with E-state index in [9.17, 15) is 4.79 Å². The Hall–Kier alpha value is -2.83. The molecule has 0 fully saturated rings. The van der Waals surface area contributed by atoms with Gasteiger partial charge in [0.1, 0.15) is 11.5 Å². The number of aromatic nitrogens is 1. The van der Waals surface area contributed by atoms with E-state index in [-0.39, 0.29) is 5.91 Å². The van der Waals surface area contributed by atoms with Crippen LogP contribution in [0, 0.1) is 6.92 Å². The van der Waals surface area contributed by atoms with Crippen molar-refractivity contribution >= 4 is 17.4 Å². The summed E-state index contributed by atoms with van der Waals surface area (Å²) in [5, 5.41) is 10.5. The zero-order valence-corrected chi connectivity index (χ0v) is 13.1. The first-order chi connectivity index (χ1) is 11.0. The number of benzene rings is 1. The summed E-state index contributed by atoms with van der Waals surface area (Å²) < 4.78 is 10.1. The summed E-state index contributed by atoms with van der Waals surface area (Å²) in [5.41, 5.74) is 0.517. The zero-order valence-electron chi connectivity index (χ0n) is 13.1. The smallest absolute Gasteiger partial charge is 0.272 e. The van der Waals surface area contributed by atoms with Crippen molar-refractivity contribution in [3.63, 3.8) is 0 Å². The van der Waals surface area contributed by atoms with Crippen LogP contribution in [-0.2, 0) is 9.63 Å². The molecule has 1 N–H and O–H groups in total. The van der Waals surface area contributed by atoms with E-state index < -0.39 is 5.60 Å². The Labute approximate surface area is 133 Å². The molecule has 0 saturated carbocycles. The number of carbonyl (C=O) groups excluding carboxylic acids is 1. The molecule has 2 heterocycles. The standard InChI is InChI=1S/C16H17N3O4/c1-10-8-14(19-22-10)17-15(20)16(2)9-13(18-23-16)11-4-6-12(21-3)7-5-11/h4-8H,9H2,1-3H3,(H,17,19,20)/t16-/m1/s1. The summed E-state index contributed by atoms with van der Waals surface area (Å²) in [7, 11) is 1.61. The number of methoxy groups -OCH3 is 1. The molecule has 1 aromatic heterocycles. The van der Waals surface area contributed by atoms with Crippen LogP contribution >= 0.6 is 0 Å². The van der Waals surface area contributed by atoms with Gasteiger partial charge in [-0.2, -0.15) is 0 Å². The number of amides is 1. The minimum absolute atomic E-state index is 0.321. The van der Waals surface area contributed by atoms with Crippen LogP contribution in [-0.4, -0.2) is 29.5 Å². The van der Waals surface area contributed by atoms with Gasteiger partial charge in [0.25, 0.3) is 5.91 Å². The number of hydrogen-bond donors (Lipinski definition) is 1. The molecule has 1 aliphatic heterocycles. The molecule has 3 rings (SSSR count). The van der Waals surface area contributed by atoms with E-state index in [0.29, 0.717) is 23.7 Å². The Morgan fingerprint density at radius 1 is 1.35 bits per heavy atom. The predicted octanol–water partition coefficient (Wildman–Crippen LogP) is 2.51. The van der Waals surface area contributed by atoms with Gasteiger partial charge in [0.05, 0.1) is 12.8 Å². The van der Waals surface area contributed by atoms with E-state index in [2.05, 4.69) is 15.6 Å². The van der Waals surface area contributed by atoms with Crippen LogP contribution in [0.5, 0.6) is 5.75 Å². The topological polar surface area (TPSA) is 86.0 Å². The second kappa shape index (κ2) is 5.75. The average molecular weight is 315 g/mol. The van der Waals surface area contributed by atoms with Crippen molar-refractivity contribution in [3.05, 3.63) is 41.7 Å². The molecule has 0 spiro atoms. The zero-order chi connectivity index (χ0) is 16.4. The lowest BCUT2D eigenvalue weighted by Crippen LogP contribution is -2.40. The van der Waals surface area contributed by atoms with Gasteiger partial charge >= 0.3 is 0 Å². The summed E-state index contributed by atoms with van der Waals surface area (Å²) in [4.78, 5) is 17.8. The lowest BCUT2D eigenvalue weighted by Gasteiger charge is -2.19. The number of ether oxygens (including phenoxy) is 1. The molecule has 1 aromatic carbocycles. The highest BCUT2D eigenvalue weighted by Gasteiger charge is 2.42. The van der Waals surface area contributed by atoms with Gasteiger partial charge in [0.2, 0.25) is 5.60 Å². The fourth-order valence-corrected chi connectivity index (χ4v) is 2.27. The Balaban J connectivity index is 1.69. The predicted molar refractivity (Wildman–Crippen MR) is 83.5 cm³/mol. The van der Waals surface area contributed by atoms with E-state index in [0.717, 1.165) is 11.3 Å².